The Kier molecular flexibility index (Phi) is 3.92. The minimum atomic E-state index is -0.628. The zero-order valence-corrected chi connectivity index (χ0v) is 16.7. The maximum atomic E-state index is 12.1. The molecule has 27 heavy (non-hydrogen) atoms. The lowest BCUT2D eigenvalue weighted by molar-refractivity contribution is -0.208. The van der Waals surface area contributed by atoms with Gasteiger partial charge in [-0.05, 0) is 92.4 Å². The summed E-state index contributed by atoms with van der Waals surface area (Å²) in [7, 11) is 0. The van der Waals surface area contributed by atoms with Crippen LogP contribution in [-0.2, 0) is 9.53 Å². The van der Waals surface area contributed by atoms with E-state index < -0.39 is 5.60 Å². The van der Waals surface area contributed by atoms with Crippen LogP contribution in [0.2, 0.25) is 0 Å². The number of carbonyl (C=O) groups excluding carboxylic acids is 1. The van der Waals surface area contributed by atoms with Crippen LogP contribution in [0.25, 0.3) is 0 Å². The molecule has 4 heteroatoms. The molecule has 0 amide bonds. The fraction of sp³-hybridized carbons (Fsp3) is 0.870. The van der Waals surface area contributed by atoms with E-state index in [1.807, 2.05) is 0 Å². The van der Waals surface area contributed by atoms with E-state index in [9.17, 15) is 15.0 Å². The van der Waals surface area contributed by atoms with Crippen molar-refractivity contribution in [3.8, 4) is 0 Å². The van der Waals surface area contributed by atoms with Crippen LogP contribution in [0.3, 0.4) is 0 Å². The monoisotopic (exact) mass is 374 g/mol. The number of esters is 1. The van der Waals surface area contributed by atoms with E-state index in [-0.39, 0.29) is 28.8 Å². The highest BCUT2D eigenvalue weighted by atomic mass is 16.5. The van der Waals surface area contributed by atoms with E-state index in [0.29, 0.717) is 24.4 Å². The first-order valence-electron chi connectivity index (χ1n) is 11.1. The van der Waals surface area contributed by atoms with Crippen molar-refractivity contribution in [3.05, 3.63) is 11.6 Å². The molecule has 4 aliphatic carbocycles. The van der Waals surface area contributed by atoms with Crippen LogP contribution in [-0.4, -0.2) is 34.5 Å². The Morgan fingerprint density at radius 3 is 2.59 bits per heavy atom. The molecule has 1 heterocycles. The molecule has 5 rings (SSSR count). The van der Waals surface area contributed by atoms with Crippen molar-refractivity contribution in [2.75, 3.05) is 6.61 Å². The van der Waals surface area contributed by atoms with Crippen molar-refractivity contribution in [1.29, 1.82) is 0 Å². The second-order valence-corrected chi connectivity index (χ2v) is 10.7. The molecule has 5 aliphatic rings. The van der Waals surface area contributed by atoms with Crippen LogP contribution in [0.4, 0.5) is 0 Å². The number of ether oxygens (including phenoxy) is 1. The number of cyclic esters (lactones) is 1. The summed E-state index contributed by atoms with van der Waals surface area (Å²) in [6, 6.07) is 0. The second kappa shape index (κ2) is 5.82. The zero-order valence-electron chi connectivity index (χ0n) is 16.7. The highest BCUT2D eigenvalue weighted by Crippen LogP contribution is 2.69. The number of carbonyl (C=O) groups is 1. The molecule has 0 radical (unpaired) electrons. The van der Waals surface area contributed by atoms with Gasteiger partial charge in [0.2, 0.25) is 0 Å². The fourth-order valence-electron chi connectivity index (χ4n) is 8.39. The normalized spacial score (nSPS) is 54.6. The summed E-state index contributed by atoms with van der Waals surface area (Å²) in [5.41, 5.74) is 0.600. The van der Waals surface area contributed by atoms with Crippen LogP contribution in [0.15, 0.2) is 11.6 Å². The van der Waals surface area contributed by atoms with Gasteiger partial charge >= 0.3 is 5.97 Å². The van der Waals surface area contributed by atoms with E-state index in [1.54, 1.807) is 6.08 Å². The van der Waals surface area contributed by atoms with Crippen molar-refractivity contribution in [1.82, 2.24) is 0 Å². The van der Waals surface area contributed by atoms with Crippen LogP contribution < -0.4 is 0 Å². The Morgan fingerprint density at radius 2 is 1.85 bits per heavy atom. The van der Waals surface area contributed by atoms with E-state index in [4.69, 9.17) is 4.74 Å². The summed E-state index contributed by atoms with van der Waals surface area (Å²) in [6.45, 7) is 5.15. The molecule has 4 saturated carbocycles. The average Bonchev–Trinajstić information content (AvgIpc) is 3.16. The molecular weight excluding hydrogens is 340 g/mol. The number of hydrogen-bond donors (Lipinski definition) is 2. The number of hydrogen-bond acceptors (Lipinski definition) is 4. The molecule has 0 aromatic carbocycles. The molecule has 0 aromatic heterocycles. The van der Waals surface area contributed by atoms with Crippen molar-refractivity contribution in [2.24, 2.45) is 34.5 Å². The molecule has 0 aromatic rings. The molecule has 4 fully saturated rings. The third kappa shape index (κ3) is 2.32. The molecule has 2 N–H and O–H groups in total. The van der Waals surface area contributed by atoms with Gasteiger partial charge in [0, 0.05) is 11.5 Å². The minimum absolute atomic E-state index is 0.126. The lowest BCUT2D eigenvalue weighted by Gasteiger charge is -2.63. The third-order valence-corrected chi connectivity index (χ3v) is 9.96. The Morgan fingerprint density at radius 1 is 1.04 bits per heavy atom. The molecule has 0 bridgehead atoms. The lowest BCUT2D eigenvalue weighted by atomic mass is 9.43. The first-order valence-corrected chi connectivity index (χ1v) is 11.1. The highest BCUT2D eigenvalue weighted by Gasteiger charge is 2.67. The Bertz CT molecular complexity index is 686. The Hall–Kier alpha value is -0.870. The number of aliphatic hydroxyl groups excluding tert-OH is 1. The predicted octanol–water partition coefficient (Wildman–Crippen LogP) is 3.60. The molecule has 1 aliphatic heterocycles. The molecule has 0 unspecified atom stereocenters. The molecule has 0 saturated heterocycles. The summed E-state index contributed by atoms with van der Waals surface area (Å²) in [6.07, 6.45) is 10.8. The second-order valence-electron chi connectivity index (χ2n) is 10.7. The van der Waals surface area contributed by atoms with Gasteiger partial charge in [-0.3, -0.25) is 0 Å². The van der Waals surface area contributed by atoms with E-state index in [0.717, 1.165) is 56.9 Å². The van der Waals surface area contributed by atoms with Crippen molar-refractivity contribution in [3.63, 3.8) is 0 Å². The van der Waals surface area contributed by atoms with Crippen LogP contribution >= 0.6 is 0 Å². The Labute approximate surface area is 162 Å². The van der Waals surface area contributed by atoms with Crippen LogP contribution in [0, 0.1) is 34.5 Å². The topological polar surface area (TPSA) is 66.8 Å². The molecule has 150 valence electrons. The average molecular weight is 375 g/mol. The Balaban J connectivity index is 1.47. The third-order valence-electron chi connectivity index (χ3n) is 9.96. The number of aliphatic hydroxyl groups is 2. The number of rotatable bonds is 1. The molecule has 0 spiro atoms. The van der Waals surface area contributed by atoms with E-state index in [2.05, 4.69) is 13.8 Å². The van der Waals surface area contributed by atoms with Crippen LogP contribution in [0.5, 0.6) is 0 Å². The van der Waals surface area contributed by atoms with Crippen molar-refractivity contribution >= 4 is 5.97 Å². The van der Waals surface area contributed by atoms with Gasteiger partial charge in [0.25, 0.3) is 0 Å². The van der Waals surface area contributed by atoms with E-state index >= 15 is 0 Å². The van der Waals surface area contributed by atoms with Gasteiger partial charge in [-0.15, -0.1) is 0 Å². The van der Waals surface area contributed by atoms with Gasteiger partial charge in [0.1, 0.15) is 6.61 Å². The standard InChI is InChI=1S/C23H34O4/c1-21-8-5-16(24)12-15(21)3-4-19-18(21)6-9-22(2)17(7-10-23(19,22)26)14-11-20(25)27-13-14/h11,15-19,24,26H,3-10,12-13H2,1-2H3/t15-,16-,17-,18+,19+,21-,22+,23-/m0/s1. The minimum Gasteiger partial charge on any atom is -0.458 e. The van der Waals surface area contributed by atoms with Gasteiger partial charge in [-0.2, -0.15) is 0 Å². The maximum Gasteiger partial charge on any atom is 0.331 e. The predicted molar refractivity (Wildman–Crippen MR) is 102 cm³/mol. The maximum absolute atomic E-state index is 12.1. The highest BCUT2D eigenvalue weighted by molar-refractivity contribution is 5.85. The number of fused-ring (bicyclic) bond motifs is 5. The van der Waals surface area contributed by atoms with Crippen molar-refractivity contribution < 1.29 is 19.7 Å². The fourth-order valence-corrected chi connectivity index (χ4v) is 8.39. The van der Waals surface area contributed by atoms with Gasteiger partial charge in [-0.1, -0.05) is 13.8 Å². The zero-order chi connectivity index (χ0) is 19.0. The summed E-state index contributed by atoms with van der Waals surface area (Å²) < 4.78 is 5.20. The quantitative estimate of drug-likeness (QED) is 0.688. The summed E-state index contributed by atoms with van der Waals surface area (Å²) in [5, 5.41) is 22.3. The molecular formula is C23H34O4. The van der Waals surface area contributed by atoms with Gasteiger partial charge in [-0.25, -0.2) is 4.79 Å². The molecule has 8 atom stereocenters. The summed E-state index contributed by atoms with van der Waals surface area (Å²) in [5.74, 6) is 1.59. The van der Waals surface area contributed by atoms with Gasteiger partial charge < -0.3 is 14.9 Å². The van der Waals surface area contributed by atoms with Gasteiger partial charge in [0.15, 0.2) is 0 Å². The summed E-state index contributed by atoms with van der Waals surface area (Å²) >= 11 is 0. The SMILES string of the molecule is C[C@]12CC[C@H](O)C[C@@H]1CC[C@@H]1[C@H]2CC[C@]2(C)[C@H](C3=CC(=O)OC3)CC[C@]12O. The summed E-state index contributed by atoms with van der Waals surface area (Å²) in [4.78, 5) is 11.6. The van der Waals surface area contributed by atoms with Crippen molar-refractivity contribution in [2.45, 2.75) is 83.3 Å². The first kappa shape index (κ1) is 18.2. The van der Waals surface area contributed by atoms with Crippen LogP contribution in [0.1, 0.15) is 71.6 Å². The first-order chi connectivity index (χ1) is 12.8. The lowest BCUT2D eigenvalue weighted by Crippen LogP contribution is -2.62. The largest absolute Gasteiger partial charge is 0.458 e. The smallest absolute Gasteiger partial charge is 0.331 e. The molecule has 4 nitrogen and oxygen atoms in total. The van der Waals surface area contributed by atoms with Gasteiger partial charge in [0.05, 0.1) is 11.7 Å². The van der Waals surface area contributed by atoms with E-state index in [1.165, 1.54) is 6.42 Å².